The molecule has 4 aromatic rings. The first kappa shape index (κ1) is 24.7. The average Bonchev–Trinajstić information content (AvgIpc) is 3.58. The van der Waals surface area contributed by atoms with Gasteiger partial charge in [0.15, 0.2) is 0 Å². The van der Waals surface area contributed by atoms with Gasteiger partial charge in [-0.15, -0.1) is 16.4 Å². The summed E-state index contributed by atoms with van der Waals surface area (Å²) in [4.78, 5) is 47.5. The van der Waals surface area contributed by atoms with Crippen LogP contribution >= 0.6 is 23.1 Å². The minimum absolute atomic E-state index is 0.0803. The quantitative estimate of drug-likeness (QED) is 0.170. The Kier molecular flexibility index (Phi) is 6.76. The zero-order valence-corrected chi connectivity index (χ0v) is 21.5. The lowest BCUT2D eigenvalue weighted by Crippen LogP contribution is -2.30. The van der Waals surface area contributed by atoms with Gasteiger partial charge < -0.3 is 16.0 Å². The molecule has 3 amide bonds. The van der Waals surface area contributed by atoms with Gasteiger partial charge in [-0.05, 0) is 36.8 Å². The highest BCUT2D eigenvalue weighted by atomic mass is 32.2. The van der Waals surface area contributed by atoms with Crippen molar-refractivity contribution in [1.82, 2.24) is 30.4 Å². The second-order valence-corrected chi connectivity index (χ2v) is 10.6. The lowest BCUT2D eigenvalue weighted by atomic mass is 10.0. The molecule has 10 nitrogen and oxygen atoms in total. The van der Waals surface area contributed by atoms with E-state index in [1.165, 1.54) is 23.1 Å². The number of primary amides is 1. The highest BCUT2D eigenvalue weighted by molar-refractivity contribution is 7.99. The van der Waals surface area contributed by atoms with Crippen molar-refractivity contribution in [2.24, 2.45) is 5.73 Å². The number of rotatable bonds is 9. The molecule has 37 heavy (non-hydrogen) atoms. The standard InChI is InChI=1S/C25H23N7O3S2/c1-13(21(26)33)11-32-12-18-16(4-3-5-17(18)24(32)35)23-29-19-7-6-15(10-20(19)37-23)22(34)27-8-9-36-25-28-14(2)30-31-25/h3-7,10H,1,8-9,11-12H2,2H3,(H2,26,33)(H,27,34)(H,28,30,31). The number of amides is 3. The van der Waals surface area contributed by atoms with Crippen molar-refractivity contribution in [2.45, 2.75) is 18.6 Å². The number of nitrogens with two attached hydrogens (primary N) is 1. The number of carbonyl (C=O) groups is 3. The number of carbonyl (C=O) groups excluding carboxylic acids is 3. The van der Waals surface area contributed by atoms with Crippen LogP contribution in [0.5, 0.6) is 0 Å². The minimum Gasteiger partial charge on any atom is -0.366 e. The zero-order chi connectivity index (χ0) is 26.1. The van der Waals surface area contributed by atoms with E-state index in [-0.39, 0.29) is 23.9 Å². The molecule has 0 fully saturated rings. The monoisotopic (exact) mass is 533 g/mol. The van der Waals surface area contributed by atoms with Crippen molar-refractivity contribution in [3.05, 3.63) is 71.1 Å². The van der Waals surface area contributed by atoms with E-state index < -0.39 is 5.91 Å². The van der Waals surface area contributed by atoms with Gasteiger partial charge in [-0.25, -0.2) is 9.97 Å². The molecule has 2 aromatic carbocycles. The van der Waals surface area contributed by atoms with Crippen LogP contribution in [0.25, 0.3) is 20.8 Å². The van der Waals surface area contributed by atoms with Crippen molar-refractivity contribution in [3.8, 4) is 10.6 Å². The van der Waals surface area contributed by atoms with Crippen molar-refractivity contribution in [2.75, 3.05) is 18.8 Å². The molecule has 5 rings (SSSR count). The number of fused-ring (bicyclic) bond motifs is 2. The number of H-pyrrole nitrogens is 1. The molecule has 2 aromatic heterocycles. The third kappa shape index (κ3) is 5.11. The Morgan fingerprint density at radius 1 is 1.24 bits per heavy atom. The summed E-state index contributed by atoms with van der Waals surface area (Å²) in [5, 5.41) is 11.2. The molecular weight excluding hydrogens is 510 g/mol. The van der Waals surface area contributed by atoms with E-state index >= 15 is 0 Å². The van der Waals surface area contributed by atoms with Crippen molar-refractivity contribution >= 4 is 51.0 Å². The fraction of sp³-hybridized carbons (Fsp3) is 0.200. The van der Waals surface area contributed by atoms with Crippen LogP contribution in [0.2, 0.25) is 0 Å². The average molecular weight is 534 g/mol. The Hall–Kier alpha value is -4.03. The first-order chi connectivity index (χ1) is 17.8. The predicted molar refractivity (Wildman–Crippen MR) is 142 cm³/mol. The molecule has 0 saturated heterocycles. The van der Waals surface area contributed by atoms with E-state index in [4.69, 9.17) is 10.7 Å². The molecule has 0 unspecified atom stereocenters. The molecule has 0 radical (unpaired) electrons. The Labute approximate surface area is 220 Å². The van der Waals surface area contributed by atoms with Crippen LogP contribution in [-0.4, -0.2) is 61.6 Å². The van der Waals surface area contributed by atoms with Gasteiger partial charge in [0.2, 0.25) is 11.1 Å². The lowest BCUT2D eigenvalue weighted by molar-refractivity contribution is -0.114. The van der Waals surface area contributed by atoms with E-state index in [9.17, 15) is 14.4 Å². The molecule has 0 spiro atoms. The van der Waals surface area contributed by atoms with Crippen LogP contribution in [0.1, 0.15) is 32.1 Å². The van der Waals surface area contributed by atoms with Gasteiger partial charge >= 0.3 is 0 Å². The Morgan fingerprint density at radius 2 is 2.05 bits per heavy atom. The third-order valence-electron chi connectivity index (χ3n) is 5.85. The molecular formula is C25H23N7O3S2. The molecule has 0 bridgehead atoms. The van der Waals surface area contributed by atoms with Gasteiger partial charge in [-0.1, -0.05) is 30.5 Å². The first-order valence-electron chi connectivity index (χ1n) is 11.4. The lowest BCUT2D eigenvalue weighted by Gasteiger charge is -2.15. The van der Waals surface area contributed by atoms with Crippen LogP contribution in [0.3, 0.4) is 0 Å². The van der Waals surface area contributed by atoms with Gasteiger partial charge in [0.1, 0.15) is 10.8 Å². The highest BCUT2D eigenvalue weighted by Gasteiger charge is 2.31. The van der Waals surface area contributed by atoms with Crippen LogP contribution in [-0.2, 0) is 11.3 Å². The number of nitrogens with one attached hydrogen (secondary N) is 2. The van der Waals surface area contributed by atoms with E-state index in [1.807, 2.05) is 31.2 Å². The number of thiazole rings is 1. The van der Waals surface area contributed by atoms with Crippen molar-refractivity contribution in [1.29, 1.82) is 0 Å². The topological polar surface area (TPSA) is 147 Å². The number of aromatic amines is 1. The van der Waals surface area contributed by atoms with E-state index in [0.717, 1.165) is 32.2 Å². The normalized spacial score (nSPS) is 12.7. The van der Waals surface area contributed by atoms with Crippen LogP contribution < -0.4 is 11.1 Å². The fourth-order valence-corrected chi connectivity index (χ4v) is 5.76. The molecule has 3 heterocycles. The molecule has 0 saturated carbocycles. The Morgan fingerprint density at radius 3 is 2.81 bits per heavy atom. The largest absolute Gasteiger partial charge is 0.366 e. The molecule has 0 atom stereocenters. The summed E-state index contributed by atoms with van der Waals surface area (Å²) in [6, 6.07) is 10.9. The van der Waals surface area contributed by atoms with E-state index in [0.29, 0.717) is 35.1 Å². The molecule has 1 aliphatic heterocycles. The Bertz CT molecular complexity index is 1560. The van der Waals surface area contributed by atoms with Gasteiger partial charge in [0.25, 0.3) is 11.8 Å². The summed E-state index contributed by atoms with van der Waals surface area (Å²) >= 11 is 2.93. The second-order valence-electron chi connectivity index (χ2n) is 8.47. The first-order valence-corrected chi connectivity index (χ1v) is 13.2. The summed E-state index contributed by atoms with van der Waals surface area (Å²) in [6.45, 7) is 6.40. The van der Waals surface area contributed by atoms with Gasteiger partial charge in [-0.3, -0.25) is 19.5 Å². The molecule has 1 aliphatic rings. The second kappa shape index (κ2) is 10.1. The SMILES string of the molecule is C=C(CN1Cc2c(cccc2-c2nc3ccc(C(=O)NCCSc4n[nH]c(C)n4)cc3s2)C1=O)C(N)=O. The number of hydrogen-bond acceptors (Lipinski definition) is 8. The highest BCUT2D eigenvalue weighted by Crippen LogP contribution is 2.37. The molecule has 12 heteroatoms. The van der Waals surface area contributed by atoms with Crippen LogP contribution in [0, 0.1) is 6.92 Å². The Balaban J connectivity index is 1.30. The van der Waals surface area contributed by atoms with Gasteiger partial charge in [0, 0.05) is 41.1 Å². The molecule has 188 valence electrons. The van der Waals surface area contributed by atoms with Crippen molar-refractivity contribution < 1.29 is 14.4 Å². The fourth-order valence-electron chi connectivity index (χ4n) is 4.00. The summed E-state index contributed by atoms with van der Waals surface area (Å²) in [5.41, 5.74) is 9.08. The maximum absolute atomic E-state index is 12.9. The molecule has 0 aliphatic carbocycles. The predicted octanol–water partition coefficient (Wildman–Crippen LogP) is 2.91. The number of aryl methyl sites for hydroxylation is 1. The number of aromatic nitrogens is 4. The number of nitrogens with zero attached hydrogens (tertiary/aromatic N) is 4. The third-order valence-corrected chi connectivity index (χ3v) is 7.75. The van der Waals surface area contributed by atoms with Gasteiger partial charge in [-0.2, -0.15) is 0 Å². The maximum Gasteiger partial charge on any atom is 0.254 e. The summed E-state index contributed by atoms with van der Waals surface area (Å²) in [6.07, 6.45) is 0. The van der Waals surface area contributed by atoms with Crippen LogP contribution in [0.15, 0.2) is 53.7 Å². The van der Waals surface area contributed by atoms with Gasteiger partial charge in [0.05, 0.1) is 16.8 Å². The molecule has 4 N–H and O–H groups in total. The number of benzene rings is 2. The zero-order valence-electron chi connectivity index (χ0n) is 19.9. The maximum atomic E-state index is 12.9. The number of hydrogen-bond donors (Lipinski definition) is 3. The summed E-state index contributed by atoms with van der Waals surface area (Å²) < 4.78 is 0.870. The van der Waals surface area contributed by atoms with Crippen molar-refractivity contribution in [3.63, 3.8) is 0 Å². The summed E-state index contributed by atoms with van der Waals surface area (Å²) in [7, 11) is 0. The van der Waals surface area contributed by atoms with Crippen LogP contribution in [0.4, 0.5) is 0 Å². The minimum atomic E-state index is -0.626. The smallest absolute Gasteiger partial charge is 0.254 e. The summed E-state index contributed by atoms with van der Waals surface area (Å²) in [5.74, 6) is 0.439. The van der Waals surface area contributed by atoms with E-state index in [2.05, 4.69) is 27.1 Å². The number of thioether (sulfide) groups is 1. The van der Waals surface area contributed by atoms with E-state index in [1.54, 1.807) is 17.0 Å².